The van der Waals surface area contributed by atoms with E-state index in [1.165, 1.54) is 5.56 Å². The van der Waals surface area contributed by atoms with Crippen LogP contribution in [-0.2, 0) is 6.42 Å². The molecule has 146 valence electrons. The molecule has 2 heterocycles. The van der Waals surface area contributed by atoms with E-state index in [2.05, 4.69) is 50.6 Å². The van der Waals surface area contributed by atoms with Gasteiger partial charge >= 0.3 is 0 Å². The number of anilines is 1. The standard InChI is InChI=1S/C23H22N4O2/c1-28-21-13-18(14-25-23(21)29-2)17-8-9-20-19(12-17)22(27-15-26-20)24-11-10-16-6-4-3-5-7-16/h3-9,12-15H,10-11H2,1-2H3,(H,24,26,27). The zero-order chi connectivity index (χ0) is 20.1. The second-order valence-corrected chi connectivity index (χ2v) is 6.55. The summed E-state index contributed by atoms with van der Waals surface area (Å²) in [6.07, 6.45) is 4.28. The molecule has 6 heteroatoms. The summed E-state index contributed by atoms with van der Waals surface area (Å²) in [5, 5.41) is 4.41. The minimum atomic E-state index is 0.462. The fourth-order valence-electron chi connectivity index (χ4n) is 3.24. The van der Waals surface area contributed by atoms with Crippen molar-refractivity contribution in [1.82, 2.24) is 15.0 Å². The van der Waals surface area contributed by atoms with Crippen LogP contribution in [0.5, 0.6) is 11.6 Å². The molecule has 0 unspecified atom stereocenters. The maximum Gasteiger partial charge on any atom is 0.256 e. The topological polar surface area (TPSA) is 69.2 Å². The fourth-order valence-corrected chi connectivity index (χ4v) is 3.24. The summed E-state index contributed by atoms with van der Waals surface area (Å²) in [6, 6.07) is 18.4. The van der Waals surface area contributed by atoms with Crippen molar-refractivity contribution < 1.29 is 9.47 Å². The van der Waals surface area contributed by atoms with E-state index < -0.39 is 0 Å². The normalized spacial score (nSPS) is 10.7. The van der Waals surface area contributed by atoms with Gasteiger partial charge in [-0.2, -0.15) is 0 Å². The monoisotopic (exact) mass is 386 g/mol. The third kappa shape index (κ3) is 4.11. The molecular weight excluding hydrogens is 364 g/mol. The molecule has 0 spiro atoms. The lowest BCUT2D eigenvalue weighted by Crippen LogP contribution is -2.07. The van der Waals surface area contributed by atoms with Crippen molar-refractivity contribution in [2.24, 2.45) is 0 Å². The number of hydrogen-bond donors (Lipinski definition) is 1. The molecule has 0 aliphatic heterocycles. The summed E-state index contributed by atoms with van der Waals surface area (Å²) < 4.78 is 10.6. The van der Waals surface area contributed by atoms with Crippen LogP contribution in [0.3, 0.4) is 0 Å². The maximum absolute atomic E-state index is 5.38. The first kappa shape index (κ1) is 18.7. The van der Waals surface area contributed by atoms with E-state index >= 15 is 0 Å². The zero-order valence-corrected chi connectivity index (χ0v) is 16.4. The summed E-state index contributed by atoms with van der Waals surface area (Å²) in [5.74, 6) is 1.88. The molecule has 29 heavy (non-hydrogen) atoms. The first-order chi connectivity index (χ1) is 14.3. The van der Waals surface area contributed by atoms with Gasteiger partial charge in [0.2, 0.25) is 0 Å². The van der Waals surface area contributed by atoms with Crippen LogP contribution in [0.15, 0.2) is 67.1 Å². The van der Waals surface area contributed by atoms with Crippen LogP contribution in [0.2, 0.25) is 0 Å². The predicted molar refractivity (Wildman–Crippen MR) is 115 cm³/mol. The first-order valence-corrected chi connectivity index (χ1v) is 9.39. The second-order valence-electron chi connectivity index (χ2n) is 6.55. The molecule has 2 aromatic carbocycles. The van der Waals surface area contributed by atoms with Crippen molar-refractivity contribution in [2.45, 2.75) is 6.42 Å². The van der Waals surface area contributed by atoms with Gasteiger partial charge in [0.1, 0.15) is 12.1 Å². The summed E-state index contributed by atoms with van der Waals surface area (Å²) in [7, 11) is 3.18. The minimum Gasteiger partial charge on any atom is -0.491 e. The largest absolute Gasteiger partial charge is 0.491 e. The molecule has 1 N–H and O–H groups in total. The lowest BCUT2D eigenvalue weighted by atomic mass is 10.0. The molecule has 4 rings (SSSR count). The number of benzene rings is 2. The third-order valence-electron chi connectivity index (χ3n) is 4.75. The Morgan fingerprint density at radius 2 is 1.72 bits per heavy atom. The highest BCUT2D eigenvalue weighted by molar-refractivity contribution is 5.92. The zero-order valence-electron chi connectivity index (χ0n) is 16.4. The summed E-state index contributed by atoms with van der Waals surface area (Å²) in [5.41, 5.74) is 4.12. The molecule has 4 aromatic rings. The molecule has 0 saturated carbocycles. The highest BCUT2D eigenvalue weighted by atomic mass is 16.5. The Kier molecular flexibility index (Phi) is 5.52. The highest BCUT2D eigenvalue weighted by Gasteiger charge is 2.10. The number of nitrogens with one attached hydrogen (secondary N) is 1. The van der Waals surface area contributed by atoms with Gasteiger partial charge in [-0.25, -0.2) is 15.0 Å². The van der Waals surface area contributed by atoms with Crippen molar-refractivity contribution in [3.05, 3.63) is 72.7 Å². The Morgan fingerprint density at radius 3 is 2.52 bits per heavy atom. The highest BCUT2D eigenvalue weighted by Crippen LogP contribution is 2.32. The van der Waals surface area contributed by atoms with Gasteiger partial charge in [-0.05, 0) is 35.7 Å². The summed E-state index contributed by atoms with van der Waals surface area (Å²) in [6.45, 7) is 0.790. The molecule has 0 atom stereocenters. The van der Waals surface area contributed by atoms with Gasteiger partial charge in [0, 0.05) is 23.7 Å². The number of fused-ring (bicyclic) bond motifs is 1. The number of ether oxygens (including phenoxy) is 2. The van der Waals surface area contributed by atoms with Crippen molar-refractivity contribution in [2.75, 3.05) is 26.1 Å². The molecule has 0 bridgehead atoms. The predicted octanol–water partition coefficient (Wildman–Crippen LogP) is 4.36. The van der Waals surface area contributed by atoms with Gasteiger partial charge in [-0.15, -0.1) is 0 Å². The van der Waals surface area contributed by atoms with E-state index in [1.54, 1.807) is 26.7 Å². The Bertz CT molecular complexity index is 1120. The van der Waals surface area contributed by atoms with E-state index in [0.717, 1.165) is 40.8 Å². The summed E-state index contributed by atoms with van der Waals surface area (Å²) in [4.78, 5) is 13.2. The van der Waals surface area contributed by atoms with Crippen LogP contribution in [0, 0.1) is 0 Å². The lowest BCUT2D eigenvalue weighted by Gasteiger charge is -2.11. The third-order valence-corrected chi connectivity index (χ3v) is 4.75. The number of nitrogens with zero attached hydrogens (tertiary/aromatic N) is 3. The van der Waals surface area contributed by atoms with Gasteiger partial charge in [0.25, 0.3) is 5.88 Å². The molecule has 0 fully saturated rings. The number of hydrogen-bond acceptors (Lipinski definition) is 6. The number of methoxy groups -OCH3 is 2. The quantitative estimate of drug-likeness (QED) is 0.509. The Morgan fingerprint density at radius 1 is 0.862 bits per heavy atom. The van der Waals surface area contributed by atoms with Crippen LogP contribution in [0.25, 0.3) is 22.0 Å². The Balaban J connectivity index is 1.62. The van der Waals surface area contributed by atoms with Crippen LogP contribution < -0.4 is 14.8 Å². The molecule has 0 amide bonds. The number of aromatic nitrogens is 3. The molecular formula is C23H22N4O2. The van der Waals surface area contributed by atoms with E-state index in [4.69, 9.17) is 9.47 Å². The molecule has 0 saturated heterocycles. The number of rotatable bonds is 7. The maximum atomic E-state index is 5.38. The minimum absolute atomic E-state index is 0.462. The van der Waals surface area contributed by atoms with E-state index in [9.17, 15) is 0 Å². The second kappa shape index (κ2) is 8.56. The Hall–Kier alpha value is -3.67. The number of pyridine rings is 1. The average molecular weight is 386 g/mol. The van der Waals surface area contributed by atoms with Gasteiger partial charge in [0.15, 0.2) is 5.75 Å². The van der Waals surface area contributed by atoms with Crippen LogP contribution >= 0.6 is 0 Å². The lowest BCUT2D eigenvalue weighted by molar-refractivity contribution is 0.343. The molecule has 2 aromatic heterocycles. The Labute approximate surface area is 169 Å². The van der Waals surface area contributed by atoms with E-state index in [-0.39, 0.29) is 0 Å². The van der Waals surface area contributed by atoms with Crippen molar-refractivity contribution in [3.63, 3.8) is 0 Å². The average Bonchev–Trinajstić information content (AvgIpc) is 2.79. The van der Waals surface area contributed by atoms with Crippen molar-refractivity contribution in [1.29, 1.82) is 0 Å². The summed E-state index contributed by atoms with van der Waals surface area (Å²) >= 11 is 0. The van der Waals surface area contributed by atoms with Gasteiger partial charge in [0.05, 0.1) is 19.7 Å². The van der Waals surface area contributed by atoms with Gasteiger partial charge in [-0.3, -0.25) is 0 Å². The van der Waals surface area contributed by atoms with E-state index in [0.29, 0.717) is 11.6 Å². The molecule has 0 aliphatic carbocycles. The van der Waals surface area contributed by atoms with Crippen LogP contribution in [0.4, 0.5) is 5.82 Å². The van der Waals surface area contributed by atoms with Crippen molar-refractivity contribution in [3.8, 4) is 22.8 Å². The van der Waals surface area contributed by atoms with Gasteiger partial charge in [-0.1, -0.05) is 36.4 Å². The van der Waals surface area contributed by atoms with Crippen molar-refractivity contribution >= 4 is 16.7 Å². The molecule has 0 aliphatic rings. The fraction of sp³-hybridized carbons (Fsp3) is 0.174. The van der Waals surface area contributed by atoms with Gasteiger partial charge < -0.3 is 14.8 Å². The van der Waals surface area contributed by atoms with Crippen LogP contribution in [0.1, 0.15) is 5.56 Å². The smallest absolute Gasteiger partial charge is 0.256 e. The first-order valence-electron chi connectivity index (χ1n) is 9.39. The molecule has 6 nitrogen and oxygen atoms in total. The molecule has 0 radical (unpaired) electrons. The SMILES string of the molecule is COc1cc(-c2ccc3ncnc(NCCc4ccccc4)c3c2)cnc1OC. The van der Waals surface area contributed by atoms with Crippen LogP contribution in [-0.4, -0.2) is 35.7 Å². The van der Waals surface area contributed by atoms with E-state index in [1.807, 2.05) is 24.3 Å².